The first-order valence-electron chi connectivity index (χ1n) is 7.76. The lowest BCUT2D eigenvalue weighted by Gasteiger charge is -2.20. The number of Topliss-reactive ketones (excluding diaryl/α,β-unsaturated/α-hetero) is 1. The fourth-order valence-corrected chi connectivity index (χ4v) is 2.25. The van der Waals surface area contributed by atoms with Crippen LogP contribution in [0, 0.1) is 0 Å². The normalized spacial score (nSPS) is 12.5. The largest absolute Gasteiger partial charge is 0.461 e. The van der Waals surface area contributed by atoms with E-state index in [4.69, 9.17) is 0 Å². The van der Waals surface area contributed by atoms with E-state index < -0.39 is 23.4 Å². The topological polar surface area (TPSA) is 17.1 Å². The van der Waals surface area contributed by atoms with Gasteiger partial charge in [-0.05, 0) is 42.9 Å². The Labute approximate surface area is 132 Å². The second-order valence-corrected chi connectivity index (χ2v) is 5.60. The second kappa shape index (κ2) is 7.88. The average Bonchev–Trinajstić information content (AvgIpc) is 2.49. The molecular formula is C17H21F5O. The van der Waals surface area contributed by atoms with Crippen molar-refractivity contribution in [1.82, 2.24) is 0 Å². The number of unbranched alkanes of at least 4 members (excludes halogenated alkanes) is 2. The summed E-state index contributed by atoms with van der Waals surface area (Å²) >= 11 is 0. The van der Waals surface area contributed by atoms with Crippen LogP contribution >= 0.6 is 0 Å². The maximum Gasteiger partial charge on any atom is 0.461 e. The zero-order chi connectivity index (χ0) is 17.7. The predicted molar refractivity (Wildman–Crippen MR) is 79.0 cm³/mol. The van der Waals surface area contributed by atoms with E-state index in [1.807, 2.05) is 13.8 Å². The molecule has 0 bridgehead atoms. The summed E-state index contributed by atoms with van der Waals surface area (Å²) in [4.78, 5) is 11.9. The summed E-state index contributed by atoms with van der Waals surface area (Å²) in [6, 6.07) is 4.39. The molecule has 0 saturated carbocycles. The van der Waals surface area contributed by atoms with Crippen molar-refractivity contribution in [3.05, 3.63) is 34.9 Å². The van der Waals surface area contributed by atoms with Crippen LogP contribution in [0.5, 0.6) is 0 Å². The Morgan fingerprint density at radius 1 is 0.957 bits per heavy atom. The van der Waals surface area contributed by atoms with Gasteiger partial charge < -0.3 is 0 Å². The Morgan fingerprint density at radius 3 is 2.04 bits per heavy atom. The molecule has 0 atom stereocenters. The lowest BCUT2D eigenvalue weighted by atomic mass is 9.92. The molecule has 0 spiro atoms. The molecule has 130 valence electrons. The number of hydrogen-bond acceptors (Lipinski definition) is 1. The van der Waals surface area contributed by atoms with Gasteiger partial charge in [-0.2, -0.15) is 22.0 Å². The van der Waals surface area contributed by atoms with Crippen molar-refractivity contribution in [2.24, 2.45) is 0 Å². The highest BCUT2D eigenvalue weighted by Gasteiger charge is 2.63. The maximum atomic E-state index is 13.4. The summed E-state index contributed by atoms with van der Waals surface area (Å²) in [7, 11) is 0. The first kappa shape index (κ1) is 19.6. The number of halogens is 5. The third kappa shape index (κ3) is 4.75. The van der Waals surface area contributed by atoms with Gasteiger partial charge in [-0.15, -0.1) is 0 Å². The predicted octanol–water partition coefficient (Wildman–Crippen LogP) is 5.75. The van der Waals surface area contributed by atoms with E-state index in [2.05, 4.69) is 0 Å². The molecule has 0 aliphatic rings. The number of benzene rings is 1. The summed E-state index contributed by atoms with van der Waals surface area (Å²) in [5.74, 6) is -7.52. The van der Waals surface area contributed by atoms with Gasteiger partial charge in [0.1, 0.15) is 0 Å². The van der Waals surface area contributed by atoms with Crippen LogP contribution in [-0.4, -0.2) is 17.9 Å². The van der Waals surface area contributed by atoms with Crippen LogP contribution in [0.3, 0.4) is 0 Å². The van der Waals surface area contributed by atoms with E-state index in [-0.39, 0.29) is 5.56 Å². The maximum absolute atomic E-state index is 13.4. The fraction of sp³-hybridized carbons (Fsp3) is 0.588. The first-order valence-corrected chi connectivity index (χ1v) is 7.76. The molecule has 1 aromatic rings. The molecule has 0 saturated heterocycles. The Kier molecular flexibility index (Phi) is 6.71. The molecule has 0 aromatic heterocycles. The van der Waals surface area contributed by atoms with Crippen LogP contribution < -0.4 is 0 Å². The van der Waals surface area contributed by atoms with Crippen molar-refractivity contribution < 1.29 is 26.7 Å². The van der Waals surface area contributed by atoms with Crippen LogP contribution in [0.15, 0.2) is 18.2 Å². The Bertz CT molecular complexity index is 534. The summed E-state index contributed by atoms with van der Waals surface area (Å²) in [5.41, 5.74) is 0.351. The lowest BCUT2D eigenvalue weighted by molar-refractivity contribution is -0.255. The van der Waals surface area contributed by atoms with Crippen molar-refractivity contribution >= 4 is 5.78 Å². The molecule has 0 amide bonds. The summed E-state index contributed by atoms with van der Waals surface area (Å²) in [6.07, 6.45) is -2.03. The standard InChI is InChI=1S/C17H21F5O/c1-3-5-7-12-9-10-13(8-6-4-2)14(11-12)15(23)16(18,19)17(20,21)22/h9-11H,3-8H2,1-2H3. The molecule has 0 unspecified atom stereocenters. The Balaban J connectivity index is 3.24. The van der Waals surface area contributed by atoms with Gasteiger partial charge in [0.05, 0.1) is 0 Å². The van der Waals surface area contributed by atoms with E-state index >= 15 is 0 Å². The first-order chi connectivity index (χ1) is 10.6. The number of carbonyl (C=O) groups excluding carboxylic acids is 1. The van der Waals surface area contributed by atoms with Gasteiger partial charge in [-0.1, -0.05) is 38.8 Å². The minimum atomic E-state index is -5.88. The van der Waals surface area contributed by atoms with Gasteiger partial charge in [-0.3, -0.25) is 4.79 Å². The molecular weight excluding hydrogens is 315 g/mol. The van der Waals surface area contributed by atoms with Gasteiger partial charge in [0.2, 0.25) is 5.78 Å². The van der Waals surface area contributed by atoms with Crippen molar-refractivity contribution in [2.45, 2.75) is 64.5 Å². The van der Waals surface area contributed by atoms with Crippen LogP contribution in [0.4, 0.5) is 22.0 Å². The number of carbonyl (C=O) groups is 1. The zero-order valence-electron chi connectivity index (χ0n) is 13.3. The number of alkyl halides is 5. The summed E-state index contributed by atoms with van der Waals surface area (Å²) in [6.45, 7) is 3.82. The Morgan fingerprint density at radius 2 is 1.52 bits per heavy atom. The van der Waals surface area contributed by atoms with Crippen molar-refractivity contribution in [2.75, 3.05) is 0 Å². The molecule has 6 heteroatoms. The average molecular weight is 336 g/mol. The van der Waals surface area contributed by atoms with E-state index in [0.29, 0.717) is 24.8 Å². The molecule has 1 rings (SSSR count). The summed E-state index contributed by atoms with van der Waals surface area (Å²) in [5, 5.41) is 0. The molecule has 23 heavy (non-hydrogen) atoms. The molecule has 0 N–H and O–H groups in total. The van der Waals surface area contributed by atoms with E-state index in [9.17, 15) is 26.7 Å². The molecule has 0 aliphatic heterocycles. The van der Waals surface area contributed by atoms with Crippen molar-refractivity contribution in [3.63, 3.8) is 0 Å². The molecule has 0 radical (unpaired) electrons. The van der Waals surface area contributed by atoms with E-state index in [1.165, 1.54) is 12.1 Å². The van der Waals surface area contributed by atoms with E-state index in [1.54, 1.807) is 6.07 Å². The van der Waals surface area contributed by atoms with Crippen molar-refractivity contribution in [3.8, 4) is 0 Å². The van der Waals surface area contributed by atoms with Crippen molar-refractivity contribution in [1.29, 1.82) is 0 Å². The van der Waals surface area contributed by atoms with Gasteiger partial charge >= 0.3 is 12.1 Å². The molecule has 1 aromatic carbocycles. The van der Waals surface area contributed by atoms with Gasteiger partial charge in [0, 0.05) is 5.56 Å². The van der Waals surface area contributed by atoms with Crippen LogP contribution in [0.25, 0.3) is 0 Å². The molecule has 0 fully saturated rings. The second-order valence-electron chi connectivity index (χ2n) is 5.60. The quantitative estimate of drug-likeness (QED) is 0.436. The van der Waals surface area contributed by atoms with Gasteiger partial charge in [-0.25, -0.2) is 0 Å². The van der Waals surface area contributed by atoms with Crippen LogP contribution in [0.2, 0.25) is 0 Å². The molecule has 0 aliphatic carbocycles. The zero-order valence-corrected chi connectivity index (χ0v) is 13.3. The summed E-state index contributed by atoms with van der Waals surface area (Å²) < 4.78 is 64.3. The number of aryl methyl sites for hydroxylation is 2. The number of ketones is 1. The van der Waals surface area contributed by atoms with Gasteiger partial charge in [0.25, 0.3) is 0 Å². The molecule has 1 nitrogen and oxygen atoms in total. The van der Waals surface area contributed by atoms with Crippen LogP contribution in [-0.2, 0) is 12.8 Å². The highest BCUT2D eigenvalue weighted by molar-refractivity contribution is 6.03. The minimum absolute atomic E-state index is 0.251. The van der Waals surface area contributed by atoms with E-state index in [0.717, 1.165) is 19.3 Å². The van der Waals surface area contributed by atoms with Gasteiger partial charge in [0.15, 0.2) is 0 Å². The number of hydrogen-bond donors (Lipinski definition) is 0. The lowest BCUT2D eigenvalue weighted by Crippen LogP contribution is -2.44. The fourth-order valence-electron chi connectivity index (χ4n) is 2.25. The monoisotopic (exact) mass is 336 g/mol. The minimum Gasteiger partial charge on any atom is -0.287 e. The van der Waals surface area contributed by atoms with Crippen LogP contribution in [0.1, 0.15) is 61.0 Å². The Hall–Kier alpha value is -1.46. The third-order valence-corrected chi connectivity index (χ3v) is 3.68. The highest BCUT2D eigenvalue weighted by Crippen LogP contribution is 2.38. The number of rotatable bonds is 8. The molecule has 0 heterocycles. The highest BCUT2D eigenvalue weighted by atomic mass is 19.4. The third-order valence-electron chi connectivity index (χ3n) is 3.68. The SMILES string of the molecule is CCCCc1ccc(CCCC)c(C(=O)C(F)(F)C(F)(F)F)c1. The smallest absolute Gasteiger partial charge is 0.287 e.